The topological polar surface area (TPSA) is 59.1 Å². The zero-order chi connectivity index (χ0) is 18.9. The first kappa shape index (κ1) is 18.5. The van der Waals surface area contributed by atoms with E-state index in [9.17, 15) is 22.8 Å². The normalized spacial score (nSPS) is 21.4. The number of carbonyl (C=O) groups is 2. The van der Waals surface area contributed by atoms with Gasteiger partial charge in [-0.25, -0.2) is 4.79 Å². The van der Waals surface area contributed by atoms with Gasteiger partial charge in [0.1, 0.15) is 6.61 Å². The van der Waals surface area contributed by atoms with Crippen LogP contribution in [0.3, 0.4) is 0 Å². The first-order valence-electron chi connectivity index (χ1n) is 8.10. The summed E-state index contributed by atoms with van der Waals surface area (Å²) in [5.41, 5.74) is 0.129. The van der Waals surface area contributed by atoms with Crippen LogP contribution in [0.1, 0.15) is 5.56 Å². The van der Waals surface area contributed by atoms with Crippen LogP contribution in [-0.4, -0.2) is 67.4 Å². The third-order valence-electron chi connectivity index (χ3n) is 4.88. The Balaban J connectivity index is 1.66. The molecule has 0 saturated carbocycles. The molecular weight excluding hydrogens is 353 g/mol. The molecule has 0 aromatic heterocycles. The van der Waals surface area contributed by atoms with Gasteiger partial charge in [-0.2, -0.15) is 13.2 Å². The first-order valence-corrected chi connectivity index (χ1v) is 8.10. The number of halogens is 3. The van der Waals surface area contributed by atoms with Crippen molar-refractivity contribution in [1.82, 2.24) is 9.80 Å². The van der Waals surface area contributed by atoms with Gasteiger partial charge < -0.3 is 19.3 Å². The lowest BCUT2D eigenvalue weighted by molar-refractivity contribution is -0.194. The predicted molar refractivity (Wildman–Crippen MR) is 84.1 cm³/mol. The highest BCUT2D eigenvalue weighted by Gasteiger charge is 2.58. The second-order valence-electron chi connectivity index (χ2n) is 6.71. The molecule has 1 aromatic rings. The molecule has 0 unspecified atom stereocenters. The van der Waals surface area contributed by atoms with E-state index in [1.165, 1.54) is 4.90 Å². The highest BCUT2D eigenvalue weighted by atomic mass is 19.4. The molecule has 142 valence electrons. The molecule has 2 aliphatic heterocycles. The van der Waals surface area contributed by atoms with E-state index in [1.807, 2.05) is 18.2 Å². The molecule has 1 aromatic carbocycles. The minimum atomic E-state index is -4.96. The van der Waals surface area contributed by atoms with Crippen molar-refractivity contribution in [2.45, 2.75) is 18.8 Å². The van der Waals surface area contributed by atoms with Crippen LogP contribution < -0.4 is 0 Å². The summed E-state index contributed by atoms with van der Waals surface area (Å²) < 4.78 is 48.7. The predicted octanol–water partition coefficient (Wildman–Crippen LogP) is 2.04. The molecule has 0 bridgehead atoms. The Morgan fingerprint density at radius 1 is 1.31 bits per heavy atom. The van der Waals surface area contributed by atoms with Crippen molar-refractivity contribution >= 4 is 12.0 Å². The van der Waals surface area contributed by atoms with Crippen molar-refractivity contribution in [3.05, 3.63) is 35.9 Å². The van der Waals surface area contributed by atoms with Crippen molar-refractivity contribution in [3.8, 4) is 0 Å². The van der Waals surface area contributed by atoms with Gasteiger partial charge in [0.15, 0.2) is 0 Å². The summed E-state index contributed by atoms with van der Waals surface area (Å²) in [6.07, 6.45) is -5.57. The van der Waals surface area contributed by atoms with Crippen molar-refractivity contribution in [3.63, 3.8) is 0 Å². The van der Waals surface area contributed by atoms with E-state index in [-0.39, 0.29) is 32.9 Å². The van der Waals surface area contributed by atoms with E-state index in [0.29, 0.717) is 4.90 Å². The number of alkyl halides is 3. The molecule has 2 heterocycles. The summed E-state index contributed by atoms with van der Waals surface area (Å²) in [4.78, 5) is 25.9. The number of likely N-dealkylation sites (tertiary alicyclic amines) is 1. The fourth-order valence-electron chi connectivity index (χ4n) is 3.42. The van der Waals surface area contributed by atoms with Gasteiger partial charge in [0.2, 0.25) is 0 Å². The lowest BCUT2D eigenvalue weighted by Gasteiger charge is -2.45. The number of nitrogens with zero attached hydrogens (tertiary/aromatic N) is 2. The Morgan fingerprint density at radius 2 is 1.96 bits per heavy atom. The summed E-state index contributed by atoms with van der Waals surface area (Å²) >= 11 is 0. The lowest BCUT2D eigenvalue weighted by atomic mass is 9.80. The lowest BCUT2D eigenvalue weighted by Crippen LogP contribution is -2.59. The molecule has 1 spiro atoms. The largest absolute Gasteiger partial charge is 0.471 e. The minimum absolute atomic E-state index is 0.0185. The zero-order valence-corrected chi connectivity index (χ0v) is 14.2. The average molecular weight is 372 g/mol. The maximum Gasteiger partial charge on any atom is 0.471 e. The van der Waals surface area contributed by atoms with Gasteiger partial charge in [-0.15, -0.1) is 0 Å². The second kappa shape index (κ2) is 6.79. The molecule has 6 nitrogen and oxygen atoms in total. The molecule has 2 amide bonds. The zero-order valence-electron chi connectivity index (χ0n) is 14.2. The van der Waals surface area contributed by atoms with E-state index in [1.54, 1.807) is 12.1 Å². The standard InChI is InChI=1S/C17H19F3N2O4/c1-21(14(23)17(18,19)20)13-7-22(9-16(13)10-25-11-16)15(24)26-8-12-5-3-2-4-6-12/h2-6,13H,7-11H2,1H3/t13-/m1/s1. The molecule has 26 heavy (non-hydrogen) atoms. The van der Waals surface area contributed by atoms with E-state index in [2.05, 4.69) is 0 Å². The van der Waals surface area contributed by atoms with Crippen molar-refractivity contribution < 1.29 is 32.2 Å². The van der Waals surface area contributed by atoms with Crippen LogP contribution in [-0.2, 0) is 20.9 Å². The Kier molecular flexibility index (Phi) is 4.83. The summed E-state index contributed by atoms with van der Waals surface area (Å²) in [5, 5.41) is 0. The highest BCUT2D eigenvalue weighted by Crippen LogP contribution is 2.41. The minimum Gasteiger partial charge on any atom is -0.445 e. The number of likely N-dealkylation sites (N-methyl/N-ethyl adjacent to an activating group) is 1. The van der Waals surface area contributed by atoms with Crippen molar-refractivity contribution in [2.75, 3.05) is 33.4 Å². The van der Waals surface area contributed by atoms with Gasteiger partial charge >= 0.3 is 18.2 Å². The fraction of sp³-hybridized carbons (Fsp3) is 0.529. The monoisotopic (exact) mass is 372 g/mol. The van der Waals surface area contributed by atoms with Crippen LogP contribution in [0.15, 0.2) is 30.3 Å². The van der Waals surface area contributed by atoms with Crippen LogP contribution in [0, 0.1) is 5.41 Å². The van der Waals surface area contributed by atoms with Crippen LogP contribution in [0.4, 0.5) is 18.0 Å². The summed E-state index contributed by atoms with van der Waals surface area (Å²) in [7, 11) is 1.11. The smallest absolute Gasteiger partial charge is 0.445 e. The molecule has 1 atom stereocenters. The van der Waals surface area contributed by atoms with Crippen LogP contribution >= 0.6 is 0 Å². The van der Waals surface area contributed by atoms with Gasteiger partial charge in [0.05, 0.1) is 24.7 Å². The Labute approximate surface area is 148 Å². The quantitative estimate of drug-likeness (QED) is 0.815. The van der Waals surface area contributed by atoms with Gasteiger partial charge in [0.25, 0.3) is 0 Å². The molecule has 3 rings (SSSR count). The SMILES string of the molecule is CN(C(=O)C(F)(F)F)[C@@H]1CN(C(=O)OCc2ccccc2)CC12COC2. The molecule has 2 saturated heterocycles. The number of carbonyl (C=O) groups excluding carboxylic acids is 2. The highest BCUT2D eigenvalue weighted by molar-refractivity contribution is 5.82. The molecular formula is C17H19F3N2O4. The molecule has 9 heteroatoms. The Hall–Kier alpha value is -2.29. The van der Waals surface area contributed by atoms with Gasteiger partial charge in [-0.1, -0.05) is 30.3 Å². The maximum atomic E-state index is 12.8. The number of hydrogen-bond acceptors (Lipinski definition) is 4. The van der Waals surface area contributed by atoms with E-state index in [4.69, 9.17) is 9.47 Å². The van der Waals surface area contributed by atoms with Crippen LogP contribution in [0.25, 0.3) is 0 Å². The summed E-state index contributed by atoms with van der Waals surface area (Å²) in [6.45, 7) is 0.656. The number of rotatable bonds is 3. The summed E-state index contributed by atoms with van der Waals surface area (Å²) in [5.74, 6) is -1.92. The Bertz CT molecular complexity index is 676. The van der Waals surface area contributed by atoms with Crippen molar-refractivity contribution in [1.29, 1.82) is 0 Å². The molecule has 0 N–H and O–H groups in total. The second-order valence-corrected chi connectivity index (χ2v) is 6.71. The van der Waals surface area contributed by atoms with Gasteiger partial charge in [-0.3, -0.25) is 4.79 Å². The number of ether oxygens (including phenoxy) is 2. The Morgan fingerprint density at radius 3 is 2.50 bits per heavy atom. The fourth-order valence-corrected chi connectivity index (χ4v) is 3.42. The maximum absolute atomic E-state index is 12.8. The third-order valence-corrected chi connectivity index (χ3v) is 4.88. The third kappa shape index (κ3) is 3.48. The number of benzene rings is 1. The molecule has 2 fully saturated rings. The summed E-state index contributed by atoms with van der Waals surface area (Å²) in [6, 6.07) is 8.30. The van der Waals surface area contributed by atoms with E-state index in [0.717, 1.165) is 12.6 Å². The molecule has 0 aliphatic carbocycles. The number of amides is 2. The molecule has 0 radical (unpaired) electrons. The van der Waals surface area contributed by atoms with Crippen LogP contribution in [0.5, 0.6) is 0 Å². The molecule has 2 aliphatic rings. The average Bonchev–Trinajstić information content (AvgIpc) is 3.00. The number of hydrogen-bond donors (Lipinski definition) is 0. The van der Waals surface area contributed by atoms with E-state index >= 15 is 0 Å². The van der Waals surface area contributed by atoms with E-state index < -0.39 is 29.6 Å². The first-order chi connectivity index (χ1) is 12.2. The van der Waals surface area contributed by atoms with Gasteiger partial charge in [-0.05, 0) is 5.56 Å². The van der Waals surface area contributed by atoms with Gasteiger partial charge in [0, 0.05) is 20.1 Å². The van der Waals surface area contributed by atoms with Crippen molar-refractivity contribution in [2.24, 2.45) is 5.41 Å². The van der Waals surface area contributed by atoms with Crippen LogP contribution in [0.2, 0.25) is 0 Å².